The van der Waals surface area contributed by atoms with E-state index in [1.807, 2.05) is 7.05 Å². The molecule has 0 N–H and O–H groups in total. The predicted octanol–water partition coefficient (Wildman–Crippen LogP) is 2.61. The summed E-state index contributed by atoms with van der Waals surface area (Å²) in [6.07, 6.45) is 2.45. The first-order chi connectivity index (χ1) is 7.59. The molecule has 1 aromatic rings. The third-order valence-corrected chi connectivity index (χ3v) is 3.38. The van der Waals surface area contributed by atoms with Gasteiger partial charge in [0.25, 0.3) is 5.91 Å². The summed E-state index contributed by atoms with van der Waals surface area (Å²) in [7, 11) is 1.83. The number of aromatic nitrogens is 1. The second-order valence-electron chi connectivity index (χ2n) is 4.34. The summed E-state index contributed by atoms with van der Waals surface area (Å²) in [4.78, 5) is 17.9. The van der Waals surface area contributed by atoms with Gasteiger partial charge in [0.05, 0.1) is 0 Å². The highest BCUT2D eigenvalue weighted by molar-refractivity contribution is 6.29. The summed E-state index contributed by atoms with van der Waals surface area (Å²) in [6, 6.07) is 5.40. The van der Waals surface area contributed by atoms with E-state index in [2.05, 4.69) is 11.9 Å². The third kappa shape index (κ3) is 2.35. The van der Waals surface area contributed by atoms with Crippen LogP contribution in [0.25, 0.3) is 0 Å². The van der Waals surface area contributed by atoms with Crippen LogP contribution in [0.2, 0.25) is 5.15 Å². The van der Waals surface area contributed by atoms with Crippen molar-refractivity contribution in [2.24, 2.45) is 5.92 Å². The minimum atomic E-state index is -0.0538. The van der Waals surface area contributed by atoms with Crippen molar-refractivity contribution in [3.8, 4) is 0 Å². The van der Waals surface area contributed by atoms with E-state index < -0.39 is 0 Å². The molecule has 1 atom stereocenters. The quantitative estimate of drug-likeness (QED) is 0.759. The number of rotatable bonds is 3. The van der Waals surface area contributed by atoms with Crippen LogP contribution in [-0.2, 0) is 0 Å². The second kappa shape index (κ2) is 4.42. The van der Waals surface area contributed by atoms with E-state index in [1.54, 1.807) is 23.1 Å². The molecule has 1 fully saturated rings. The molecular formula is C12H15ClN2O. The molecule has 0 aliphatic heterocycles. The van der Waals surface area contributed by atoms with Gasteiger partial charge in [-0.25, -0.2) is 4.98 Å². The van der Waals surface area contributed by atoms with Crippen molar-refractivity contribution >= 4 is 17.5 Å². The fourth-order valence-corrected chi connectivity index (χ4v) is 1.95. The minimum Gasteiger partial charge on any atom is -0.337 e. The van der Waals surface area contributed by atoms with Crippen LogP contribution in [0.1, 0.15) is 30.3 Å². The normalized spacial score (nSPS) is 16.9. The van der Waals surface area contributed by atoms with E-state index in [0.29, 0.717) is 16.8 Å². The van der Waals surface area contributed by atoms with Gasteiger partial charge >= 0.3 is 0 Å². The van der Waals surface area contributed by atoms with Gasteiger partial charge in [0.15, 0.2) is 0 Å². The minimum absolute atomic E-state index is 0.0538. The van der Waals surface area contributed by atoms with Crippen LogP contribution in [0.5, 0.6) is 0 Å². The third-order valence-electron chi connectivity index (χ3n) is 3.17. The maximum absolute atomic E-state index is 12.1. The van der Waals surface area contributed by atoms with Gasteiger partial charge in [-0.3, -0.25) is 4.79 Å². The maximum atomic E-state index is 12.1. The summed E-state index contributed by atoms with van der Waals surface area (Å²) in [6.45, 7) is 2.08. The predicted molar refractivity (Wildman–Crippen MR) is 63.5 cm³/mol. The lowest BCUT2D eigenvalue weighted by atomic mass is 10.2. The summed E-state index contributed by atoms with van der Waals surface area (Å²) >= 11 is 5.77. The van der Waals surface area contributed by atoms with Crippen molar-refractivity contribution in [3.63, 3.8) is 0 Å². The molecule has 3 nitrogen and oxygen atoms in total. The molecule has 0 aromatic carbocycles. The number of amides is 1. The van der Waals surface area contributed by atoms with Crippen LogP contribution in [0.3, 0.4) is 0 Å². The van der Waals surface area contributed by atoms with Gasteiger partial charge in [0.1, 0.15) is 10.8 Å². The molecule has 1 saturated carbocycles. The highest BCUT2D eigenvalue weighted by Gasteiger charge is 2.32. The highest BCUT2D eigenvalue weighted by atomic mass is 35.5. The Morgan fingerprint density at radius 1 is 1.56 bits per heavy atom. The molecule has 4 heteroatoms. The first kappa shape index (κ1) is 11.4. The molecule has 0 spiro atoms. The van der Waals surface area contributed by atoms with E-state index >= 15 is 0 Å². The fourth-order valence-electron chi connectivity index (χ4n) is 1.79. The summed E-state index contributed by atoms with van der Waals surface area (Å²) in [5, 5.41) is 0.360. The summed E-state index contributed by atoms with van der Waals surface area (Å²) in [5.41, 5.74) is 0.419. The van der Waals surface area contributed by atoms with Gasteiger partial charge < -0.3 is 4.90 Å². The Morgan fingerprint density at radius 3 is 2.81 bits per heavy atom. The largest absolute Gasteiger partial charge is 0.337 e. The number of nitrogens with zero attached hydrogens (tertiary/aromatic N) is 2. The van der Waals surface area contributed by atoms with Crippen LogP contribution in [0.15, 0.2) is 18.2 Å². The van der Waals surface area contributed by atoms with Crippen LogP contribution in [-0.4, -0.2) is 28.9 Å². The topological polar surface area (TPSA) is 33.2 Å². The number of carbonyl (C=O) groups excluding carboxylic acids is 1. The van der Waals surface area contributed by atoms with Crippen molar-refractivity contribution in [2.75, 3.05) is 7.05 Å². The van der Waals surface area contributed by atoms with Crippen LogP contribution >= 0.6 is 11.6 Å². The zero-order valence-electron chi connectivity index (χ0n) is 9.48. The van der Waals surface area contributed by atoms with E-state index in [0.717, 1.165) is 0 Å². The smallest absolute Gasteiger partial charge is 0.272 e. The van der Waals surface area contributed by atoms with Crippen molar-refractivity contribution in [1.29, 1.82) is 0 Å². The van der Waals surface area contributed by atoms with Crippen molar-refractivity contribution < 1.29 is 4.79 Å². The molecule has 86 valence electrons. The van der Waals surface area contributed by atoms with Crippen LogP contribution in [0, 0.1) is 5.92 Å². The molecule has 2 rings (SSSR count). The van der Waals surface area contributed by atoms with Crippen molar-refractivity contribution in [2.45, 2.75) is 25.8 Å². The molecule has 1 unspecified atom stereocenters. The van der Waals surface area contributed by atoms with E-state index in [1.165, 1.54) is 12.8 Å². The van der Waals surface area contributed by atoms with Crippen LogP contribution < -0.4 is 0 Å². The van der Waals surface area contributed by atoms with Gasteiger partial charge in [0, 0.05) is 13.1 Å². The monoisotopic (exact) mass is 238 g/mol. The molecule has 16 heavy (non-hydrogen) atoms. The fraction of sp³-hybridized carbons (Fsp3) is 0.500. The Hall–Kier alpha value is -1.09. The van der Waals surface area contributed by atoms with Crippen LogP contribution in [0.4, 0.5) is 0 Å². The zero-order chi connectivity index (χ0) is 11.7. The molecule has 0 saturated heterocycles. The number of pyridine rings is 1. The van der Waals surface area contributed by atoms with E-state index in [4.69, 9.17) is 11.6 Å². The van der Waals surface area contributed by atoms with Gasteiger partial charge in [-0.1, -0.05) is 17.7 Å². The Labute approximate surface area is 100 Å². The lowest BCUT2D eigenvalue weighted by molar-refractivity contribution is 0.0721. The van der Waals surface area contributed by atoms with Gasteiger partial charge in [-0.15, -0.1) is 0 Å². The average molecular weight is 239 g/mol. The molecule has 1 aliphatic rings. The number of halogens is 1. The van der Waals surface area contributed by atoms with Gasteiger partial charge in [0.2, 0.25) is 0 Å². The highest BCUT2D eigenvalue weighted by Crippen LogP contribution is 2.34. The Morgan fingerprint density at radius 2 is 2.25 bits per heavy atom. The standard InChI is InChI=1S/C12H15ClN2O/c1-8(9-6-7-9)15(2)12(16)10-4-3-5-11(13)14-10/h3-5,8-9H,6-7H2,1-2H3. The second-order valence-corrected chi connectivity index (χ2v) is 4.73. The van der Waals surface area contributed by atoms with E-state index in [-0.39, 0.29) is 11.9 Å². The lowest BCUT2D eigenvalue weighted by Gasteiger charge is -2.24. The first-order valence-electron chi connectivity index (χ1n) is 5.49. The number of hydrogen-bond donors (Lipinski definition) is 0. The summed E-state index contributed by atoms with van der Waals surface area (Å²) in [5.74, 6) is 0.607. The zero-order valence-corrected chi connectivity index (χ0v) is 10.2. The molecule has 0 radical (unpaired) electrons. The average Bonchev–Trinajstić information content (AvgIpc) is 3.10. The molecule has 0 bridgehead atoms. The molecule has 1 heterocycles. The number of hydrogen-bond acceptors (Lipinski definition) is 2. The maximum Gasteiger partial charge on any atom is 0.272 e. The van der Waals surface area contributed by atoms with E-state index in [9.17, 15) is 4.79 Å². The Kier molecular flexibility index (Phi) is 3.15. The molecule has 1 aliphatic carbocycles. The molecule has 1 aromatic heterocycles. The van der Waals surface area contributed by atoms with Gasteiger partial charge in [-0.2, -0.15) is 0 Å². The SMILES string of the molecule is CC(C1CC1)N(C)C(=O)c1cccc(Cl)n1. The Balaban J connectivity index is 2.11. The van der Waals surface area contributed by atoms with Crippen molar-refractivity contribution in [1.82, 2.24) is 9.88 Å². The first-order valence-corrected chi connectivity index (χ1v) is 5.87. The van der Waals surface area contributed by atoms with Gasteiger partial charge in [-0.05, 0) is 37.8 Å². The summed E-state index contributed by atoms with van der Waals surface area (Å²) < 4.78 is 0. The molecule has 1 amide bonds. The molecular weight excluding hydrogens is 224 g/mol. The Bertz CT molecular complexity index is 404. The lowest BCUT2D eigenvalue weighted by Crippen LogP contribution is -2.36. The van der Waals surface area contributed by atoms with Crippen molar-refractivity contribution in [3.05, 3.63) is 29.0 Å². The number of carbonyl (C=O) groups is 1.